The minimum Gasteiger partial charge on any atom is -0.394 e. The molecule has 3 heterocycles. The number of hydrogen-bond acceptors (Lipinski definition) is 5. The topological polar surface area (TPSA) is 99.5 Å². The summed E-state index contributed by atoms with van der Waals surface area (Å²) >= 11 is 6.02. The predicted octanol–water partition coefficient (Wildman–Crippen LogP) is 0.0755. The highest BCUT2D eigenvalue weighted by Gasteiger charge is 2.46. The summed E-state index contributed by atoms with van der Waals surface area (Å²) in [6, 6.07) is 6.15. The molecule has 2 amide bonds. The molecule has 0 saturated carbocycles. The van der Waals surface area contributed by atoms with E-state index >= 15 is 0 Å². The lowest BCUT2D eigenvalue weighted by molar-refractivity contribution is -0.148. The molecule has 0 aliphatic carbocycles. The minimum absolute atomic E-state index is 0.0108. The Kier molecular flexibility index (Phi) is 4.86. The molecule has 2 aromatic rings. The van der Waals surface area contributed by atoms with Gasteiger partial charge in [-0.3, -0.25) is 9.59 Å². The molecule has 1 aromatic heterocycles. The number of benzene rings is 1. The van der Waals surface area contributed by atoms with Crippen molar-refractivity contribution in [1.29, 1.82) is 0 Å². The summed E-state index contributed by atoms with van der Waals surface area (Å²) in [5.74, 6) is -0.424. The van der Waals surface area contributed by atoms with Crippen molar-refractivity contribution in [3.05, 3.63) is 47.2 Å². The normalized spacial score (nSPS) is 24.8. The SMILES string of the molecule is O=C1N[C@@H](CO)C(=O)N2C[C@@H](NCc3cnn(-c4cccc(Cl)c4)c3)C[C@@H]12. The summed E-state index contributed by atoms with van der Waals surface area (Å²) in [4.78, 5) is 26.0. The number of carbonyl (C=O) groups excluding carboxylic acids is 2. The number of hydrogen-bond donors (Lipinski definition) is 3. The third-order valence-electron chi connectivity index (χ3n) is 4.99. The molecule has 2 saturated heterocycles. The van der Waals surface area contributed by atoms with E-state index in [-0.39, 0.29) is 24.5 Å². The molecule has 0 bridgehead atoms. The maximum atomic E-state index is 12.3. The number of aliphatic hydroxyl groups excluding tert-OH is 1. The van der Waals surface area contributed by atoms with Gasteiger partial charge in [0.05, 0.1) is 18.5 Å². The van der Waals surface area contributed by atoms with Crippen molar-refractivity contribution in [3.8, 4) is 5.69 Å². The number of nitrogens with one attached hydrogen (secondary N) is 2. The van der Waals surface area contributed by atoms with Gasteiger partial charge in [0.1, 0.15) is 12.1 Å². The van der Waals surface area contributed by atoms with Crippen LogP contribution >= 0.6 is 11.6 Å². The fourth-order valence-corrected chi connectivity index (χ4v) is 3.79. The first-order chi connectivity index (χ1) is 13.0. The number of amides is 2. The molecule has 27 heavy (non-hydrogen) atoms. The Balaban J connectivity index is 1.38. The lowest BCUT2D eigenvalue weighted by atomic mass is 10.1. The lowest BCUT2D eigenvalue weighted by Gasteiger charge is -2.33. The van der Waals surface area contributed by atoms with Crippen LogP contribution < -0.4 is 10.6 Å². The Hall–Kier alpha value is -2.42. The second-order valence-corrected chi connectivity index (χ2v) is 7.27. The Morgan fingerprint density at radius 3 is 3.00 bits per heavy atom. The first kappa shape index (κ1) is 18.0. The maximum absolute atomic E-state index is 12.3. The number of halogens is 1. The first-order valence-electron chi connectivity index (χ1n) is 8.80. The van der Waals surface area contributed by atoms with E-state index in [4.69, 9.17) is 11.6 Å². The zero-order valence-corrected chi connectivity index (χ0v) is 15.3. The van der Waals surface area contributed by atoms with Gasteiger partial charge in [-0.05, 0) is 24.6 Å². The summed E-state index contributed by atoms with van der Waals surface area (Å²) in [5, 5.41) is 20.2. The van der Waals surface area contributed by atoms with Crippen LogP contribution in [0.2, 0.25) is 5.02 Å². The number of nitrogens with zero attached hydrogens (tertiary/aromatic N) is 3. The van der Waals surface area contributed by atoms with Gasteiger partial charge < -0.3 is 20.6 Å². The fraction of sp³-hybridized carbons (Fsp3) is 0.389. The molecule has 142 valence electrons. The molecule has 2 aliphatic rings. The highest BCUT2D eigenvalue weighted by molar-refractivity contribution is 6.30. The smallest absolute Gasteiger partial charge is 0.248 e. The number of aromatic nitrogens is 2. The van der Waals surface area contributed by atoms with E-state index in [9.17, 15) is 14.7 Å². The number of rotatable bonds is 5. The maximum Gasteiger partial charge on any atom is 0.248 e. The van der Waals surface area contributed by atoms with Crippen molar-refractivity contribution in [2.75, 3.05) is 13.2 Å². The zero-order chi connectivity index (χ0) is 19.0. The van der Waals surface area contributed by atoms with Gasteiger partial charge in [0, 0.05) is 35.9 Å². The van der Waals surface area contributed by atoms with Crippen LogP contribution in [-0.2, 0) is 16.1 Å². The molecule has 0 radical (unpaired) electrons. The van der Waals surface area contributed by atoms with Crippen molar-refractivity contribution < 1.29 is 14.7 Å². The second-order valence-electron chi connectivity index (χ2n) is 6.84. The van der Waals surface area contributed by atoms with Crippen LogP contribution in [0.15, 0.2) is 36.7 Å². The summed E-state index contributed by atoms with van der Waals surface area (Å²) in [6.07, 6.45) is 4.24. The minimum atomic E-state index is -0.830. The summed E-state index contributed by atoms with van der Waals surface area (Å²) < 4.78 is 1.75. The third kappa shape index (κ3) is 3.55. The van der Waals surface area contributed by atoms with Crippen molar-refractivity contribution in [1.82, 2.24) is 25.3 Å². The summed E-state index contributed by atoms with van der Waals surface area (Å²) in [7, 11) is 0. The molecule has 3 N–H and O–H groups in total. The second kappa shape index (κ2) is 7.30. The van der Waals surface area contributed by atoms with Crippen molar-refractivity contribution in [2.45, 2.75) is 31.1 Å². The van der Waals surface area contributed by atoms with Crippen molar-refractivity contribution in [3.63, 3.8) is 0 Å². The van der Waals surface area contributed by atoms with Gasteiger partial charge in [0.15, 0.2) is 0 Å². The Bertz CT molecular complexity index is 870. The average Bonchev–Trinajstić information content (AvgIpc) is 3.30. The molecule has 2 aliphatic heterocycles. The van der Waals surface area contributed by atoms with Crippen LogP contribution in [0.1, 0.15) is 12.0 Å². The van der Waals surface area contributed by atoms with Gasteiger partial charge in [-0.15, -0.1) is 0 Å². The molecule has 4 rings (SSSR count). The quantitative estimate of drug-likeness (QED) is 0.672. The van der Waals surface area contributed by atoms with E-state index in [1.165, 1.54) is 0 Å². The predicted molar refractivity (Wildman–Crippen MR) is 98.3 cm³/mol. The molecule has 0 spiro atoms. The average molecular weight is 390 g/mol. The van der Waals surface area contributed by atoms with Crippen LogP contribution in [-0.4, -0.2) is 62.9 Å². The van der Waals surface area contributed by atoms with Crippen molar-refractivity contribution in [2.24, 2.45) is 0 Å². The summed E-state index contributed by atoms with van der Waals surface area (Å²) in [6.45, 7) is 0.648. The highest BCUT2D eigenvalue weighted by Crippen LogP contribution is 2.23. The van der Waals surface area contributed by atoms with Gasteiger partial charge in [-0.2, -0.15) is 5.10 Å². The number of piperazine rings is 1. The molecular formula is C18H20ClN5O3. The van der Waals surface area contributed by atoms with E-state index in [1.807, 2.05) is 30.5 Å². The van der Waals surface area contributed by atoms with Crippen LogP contribution in [0.25, 0.3) is 5.69 Å². The molecule has 2 fully saturated rings. The highest BCUT2D eigenvalue weighted by atomic mass is 35.5. The fourth-order valence-electron chi connectivity index (χ4n) is 3.60. The molecule has 3 atom stereocenters. The van der Waals surface area contributed by atoms with E-state index < -0.39 is 12.1 Å². The van der Waals surface area contributed by atoms with Crippen molar-refractivity contribution >= 4 is 23.4 Å². The monoisotopic (exact) mass is 389 g/mol. The largest absolute Gasteiger partial charge is 0.394 e. The number of aliphatic hydroxyl groups is 1. The molecule has 1 aromatic carbocycles. The van der Waals surface area contributed by atoms with Gasteiger partial charge in [-0.25, -0.2) is 4.68 Å². The molecule has 9 heteroatoms. The third-order valence-corrected chi connectivity index (χ3v) is 5.22. The van der Waals surface area contributed by atoms with Gasteiger partial charge >= 0.3 is 0 Å². The van der Waals surface area contributed by atoms with Crippen LogP contribution in [0.3, 0.4) is 0 Å². The standard InChI is InChI=1S/C18H20ClN5O3/c19-12-2-1-3-14(4-12)24-8-11(7-21-24)6-20-13-5-16-17(26)22-15(10-25)18(27)23(16)9-13/h1-4,7-8,13,15-16,20,25H,5-6,9-10H2,(H,22,26)/t13-,15-,16-/m0/s1. The van der Waals surface area contributed by atoms with E-state index in [1.54, 1.807) is 15.8 Å². The van der Waals surface area contributed by atoms with Crippen LogP contribution in [0, 0.1) is 0 Å². The number of carbonyl (C=O) groups is 2. The Labute approximate surface area is 161 Å². The van der Waals surface area contributed by atoms with Crippen LogP contribution in [0.4, 0.5) is 0 Å². The van der Waals surface area contributed by atoms with Gasteiger partial charge in [0.2, 0.25) is 11.8 Å². The van der Waals surface area contributed by atoms with E-state index in [2.05, 4.69) is 15.7 Å². The van der Waals surface area contributed by atoms with Gasteiger partial charge in [-0.1, -0.05) is 17.7 Å². The van der Waals surface area contributed by atoms with Crippen LogP contribution in [0.5, 0.6) is 0 Å². The van der Waals surface area contributed by atoms with E-state index in [0.717, 1.165) is 11.3 Å². The van der Waals surface area contributed by atoms with E-state index in [0.29, 0.717) is 24.5 Å². The zero-order valence-electron chi connectivity index (χ0n) is 14.5. The Morgan fingerprint density at radius 1 is 1.37 bits per heavy atom. The molecular weight excluding hydrogens is 370 g/mol. The lowest BCUT2D eigenvalue weighted by Crippen LogP contribution is -2.62. The molecule has 8 nitrogen and oxygen atoms in total. The first-order valence-corrected chi connectivity index (χ1v) is 9.17. The summed E-state index contributed by atoms with van der Waals surface area (Å²) in [5.41, 5.74) is 1.87. The van der Waals surface area contributed by atoms with Gasteiger partial charge in [0.25, 0.3) is 0 Å². The molecule has 0 unspecified atom stereocenters. The Morgan fingerprint density at radius 2 is 2.22 bits per heavy atom. The number of fused-ring (bicyclic) bond motifs is 1.